The zero-order valence-corrected chi connectivity index (χ0v) is 11.4. The molecule has 0 aliphatic rings. The summed E-state index contributed by atoms with van der Waals surface area (Å²) in [5.74, 6) is 0.205. The molecule has 20 heavy (non-hydrogen) atoms. The number of halogens is 1. The molecule has 0 aromatic heterocycles. The average Bonchev–Trinajstić information content (AvgIpc) is 2.46. The van der Waals surface area contributed by atoms with E-state index in [0.29, 0.717) is 10.8 Å². The summed E-state index contributed by atoms with van der Waals surface area (Å²) in [4.78, 5) is 11.5. The number of hydrazone groups is 1. The molecule has 5 heteroatoms. The van der Waals surface area contributed by atoms with Crippen molar-refractivity contribution in [2.75, 3.05) is 6.61 Å². The normalized spacial score (nSPS) is 10.4. The fraction of sp³-hybridized carbons (Fsp3) is 0.0667. The SMILES string of the molecule is O=C(COc1cccc(Cl)c1)NN=Cc1ccccc1. The minimum atomic E-state index is -0.336. The monoisotopic (exact) mass is 288 g/mol. The van der Waals surface area contributed by atoms with Gasteiger partial charge in [-0.1, -0.05) is 48.0 Å². The van der Waals surface area contributed by atoms with Crippen LogP contribution in [0.5, 0.6) is 5.75 Å². The minimum absolute atomic E-state index is 0.119. The van der Waals surface area contributed by atoms with Crippen molar-refractivity contribution in [1.29, 1.82) is 0 Å². The molecule has 0 spiro atoms. The van der Waals surface area contributed by atoms with Crippen molar-refractivity contribution in [2.24, 2.45) is 5.10 Å². The van der Waals surface area contributed by atoms with E-state index < -0.39 is 0 Å². The van der Waals surface area contributed by atoms with Crippen molar-refractivity contribution in [3.63, 3.8) is 0 Å². The third-order valence-electron chi connectivity index (χ3n) is 2.37. The van der Waals surface area contributed by atoms with Crippen LogP contribution < -0.4 is 10.2 Å². The van der Waals surface area contributed by atoms with Gasteiger partial charge in [-0.2, -0.15) is 5.10 Å². The third kappa shape index (κ3) is 4.74. The van der Waals surface area contributed by atoms with Crippen LogP contribution in [0, 0.1) is 0 Å². The van der Waals surface area contributed by atoms with E-state index in [2.05, 4.69) is 10.5 Å². The zero-order valence-electron chi connectivity index (χ0n) is 10.6. The van der Waals surface area contributed by atoms with Gasteiger partial charge >= 0.3 is 0 Å². The fourth-order valence-electron chi connectivity index (χ4n) is 1.46. The highest BCUT2D eigenvalue weighted by atomic mass is 35.5. The first-order valence-electron chi connectivity index (χ1n) is 5.99. The van der Waals surface area contributed by atoms with E-state index in [0.717, 1.165) is 5.56 Å². The van der Waals surface area contributed by atoms with Crippen molar-refractivity contribution in [3.8, 4) is 5.75 Å². The summed E-state index contributed by atoms with van der Waals surface area (Å²) < 4.78 is 5.28. The molecule has 2 aromatic rings. The molecule has 2 rings (SSSR count). The molecule has 4 nitrogen and oxygen atoms in total. The maximum absolute atomic E-state index is 11.5. The van der Waals surface area contributed by atoms with Gasteiger partial charge in [0.2, 0.25) is 0 Å². The highest BCUT2D eigenvalue weighted by molar-refractivity contribution is 6.30. The number of hydrogen-bond donors (Lipinski definition) is 1. The van der Waals surface area contributed by atoms with Crippen LogP contribution in [0.3, 0.4) is 0 Å². The van der Waals surface area contributed by atoms with Crippen LogP contribution in [0.2, 0.25) is 5.02 Å². The average molecular weight is 289 g/mol. The Bertz CT molecular complexity index is 600. The lowest BCUT2D eigenvalue weighted by atomic mass is 10.2. The molecule has 1 N–H and O–H groups in total. The Morgan fingerprint density at radius 1 is 1.20 bits per heavy atom. The minimum Gasteiger partial charge on any atom is -0.484 e. The second-order valence-electron chi connectivity index (χ2n) is 3.95. The van der Waals surface area contributed by atoms with Gasteiger partial charge < -0.3 is 4.74 Å². The number of amides is 1. The quantitative estimate of drug-likeness (QED) is 0.679. The summed E-state index contributed by atoms with van der Waals surface area (Å²) in [7, 11) is 0. The van der Waals surface area contributed by atoms with E-state index in [1.54, 1.807) is 30.5 Å². The summed E-state index contributed by atoms with van der Waals surface area (Å²) in [5.41, 5.74) is 3.29. The maximum Gasteiger partial charge on any atom is 0.277 e. The number of benzene rings is 2. The van der Waals surface area contributed by atoms with Gasteiger partial charge in [-0.05, 0) is 23.8 Å². The van der Waals surface area contributed by atoms with Crippen molar-refractivity contribution >= 4 is 23.7 Å². The number of carbonyl (C=O) groups is 1. The molecule has 0 radical (unpaired) electrons. The number of nitrogens with zero attached hydrogens (tertiary/aromatic N) is 1. The summed E-state index contributed by atoms with van der Waals surface area (Å²) >= 11 is 5.81. The first-order chi connectivity index (χ1) is 9.74. The molecular formula is C15H13ClN2O2. The standard InChI is InChI=1S/C15H13ClN2O2/c16-13-7-4-8-14(9-13)20-11-15(19)18-17-10-12-5-2-1-3-6-12/h1-10H,11H2,(H,18,19). The lowest BCUT2D eigenvalue weighted by Crippen LogP contribution is -2.24. The van der Waals surface area contributed by atoms with Gasteiger partial charge in [0.25, 0.3) is 5.91 Å². The van der Waals surface area contributed by atoms with Gasteiger partial charge in [0.05, 0.1) is 6.21 Å². The van der Waals surface area contributed by atoms with Crippen LogP contribution in [0.25, 0.3) is 0 Å². The third-order valence-corrected chi connectivity index (χ3v) is 2.60. The first kappa shape index (κ1) is 14.1. The fourth-order valence-corrected chi connectivity index (χ4v) is 1.64. The maximum atomic E-state index is 11.5. The summed E-state index contributed by atoms with van der Waals surface area (Å²) in [6.07, 6.45) is 1.57. The molecule has 0 bridgehead atoms. The van der Waals surface area contributed by atoms with Gasteiger partial charge in [-0.3, -0.25) is 4.79 Å². The molecule has 0 fully saturated rings. The highest BCUT2D eigenvalue weighted by Gasteiger charge is 2.01. The van der Waals surface area contributed by atoms with Crippen LogP contribution in [0.4, 0.5) is 0 Å². The molecule has 0 saturated carbocycles. The van der Waals surface area contributed by atoms with E-state index in [4.69, 9.17) is 16.3 Å². The molecule has 2 aromatic carbocycles. The topological polar surface area (TPSA) is 50.7 Å². The Labute approximate surface area is 122 Å². The van der Waals surface area contributed by atoms with Crippen molar-refractivity contribution < 1.29 is 9.53 Å². The second-order valence-corrected chi connectivity index (χ2v) is 4.39. The number of ether oxygens (including phenoxy) is 1. The highest BCUT2D eigenvalue weighted by Crippen LogP contribution is 2.16. The molecule has 0 atom stereocenters. The summed E-state index contributed by atoms with van der Waals surface area (Å²) in [6.45, 7) is -0.119. The van der Waals surface area contributed by atoms with E-state index >= 15 is 0 Å². The van der Waals surface area contributed by atoms with Crippen molar-refractivity contribution in [2.45, 2.75) is 0 Å². The lowest BCUT2D eigenvalue weighted by molar-refractivity contribution is -0.123. The van der Waals surface area contributed by atoms with Crippen LogP contribution in [0.1, 0.15) is 5.56 Å². The van der Waals surface area contributed by atoms with Crippen LogP contribution in [-0.2, 0) is 4.79 Å². The van der Waals surface area contributed by atoms with Crippen molar-refractivity contribution in [1.82, 2.24) is 5.43 Å². The molecule has 0 unspecified atom stereocenters. The lowest BCUT2D eigenvalue weighted by Gasteiger charge is -2.04. The van der Waals surface area contributed by atoms with Gasteiger partial charge in [-0.15, -0.1) is 0 Å². The molecule has 0 aliphatic heterocycles. The van der Waals surface area contributed by atoms with Crippen molar-refractivity contribution in [3.05, 3.63) is 65.2 Å². The summed E-state index contributed by atoms with van der Waals surface area (Å²) in [5, 5.41) is 4.40. The largest absolute Gasteiger partial charge is 0.484 e. The van der Waals surface area contributed by atoms with Crippen LogP contribution >= 0.6 is 11.6 Å². The smallest absolute Gasteiger partial charge is 0.277 e. The van der Waals surface area contributed by atoms with E-state index in [1.807, 2.05) is 30.3 Å². The van der Waals surface area contributed by atoms with Crippen LogP contribution in [0.15, 0.2) is 59.7 Å². The summed E-state index contributed by atoms with van der Waals surface area (Å²) in [6, 6.07) is 16.3. The zero-order chi connectivity index (χ0) is 14.2. The Kier molecular flexibility index (Phi) is 5.15. The predicted molar refractivity (Wildman–Crippen MR) is 79.1 cm³/mol. The van der Waals surface area contributed by atoms with Gasteiger partial charge in [0.1, 0.15) is 5.75 Å². The number of carbonyl (C=O) groups excluding carboxylic acids is 1. The van der Waals surface area contributed by atoms with Gasteiger partial charge in [0.15, 0.2) is 6.61 Å². The van der Waals surface area contributed by atoms with E-state index in [-0.39, 0.29) is 12.5 Å². The number of nitrogens with one attached hydrogen (secondary N) is 1. The Balaban J connectivity index is 1.77. The Morgan fingerprint density at radius 2 is 2.00 bits per heavy atom. The Hall–Kier alpha value is -2.33. The molecule has 0 aliphatic carbocycles. The predicted octanol–water partition coefficient (Wildman–Crippen LogP) is 2.87. The number of hydrogen-bond acceptors (Lipinski definition) is 3. The molecule has 102 valence electrons. The van der Waals surface area contributed by atoms with Gasteiger partial charge in [-0.25, -0.2) is 5.43 Å². The molecule has 0 saturated heterocycles. The van der Waals surface area contributed by atoms with Crippen LogP contribution in [-0.4, -0.2) is 18.7 Å². The van der Waals surface area contributed by atoms with E-state index in [1.165, 1.54) is 0 Å². The van der Waals surface area contributed by atoms with E-state index in [9.17, 15) is 4.79 Å². The molecular weight excluding hydrogens is 276 g/mol. The number of rotatable bonds is 5. The van der Waals surface area contributed by atoms with Gasteiger partial charge in [0, 0.05) is 5.02 Å². The first-order valence-corrected chi connectivity index (χ1v) is 6.37. The molecule has 1 amide bonds. The molecule has 0 heterocycles. The second kappa shape index (κ2) is 7.31. The Morgan fingerprint density at radius 3 is 2.75 bits per heavy atom.